The topological polar surface area (TPSA) is 57.2 Å². The molecule has 1 heterocycles. The molecule has 0 N–H and O–H groups in total. The highest BCUT2D eigenvalue weighted by molar-refractivity contribution is 5.66. The summed E-state index contributed by atoms with van der Waals surface area (Å²) in [6, 6.07) is 5.63. The predicted molar refractivity (Wildman–Crippen MR) is 107 cm³/mol. The summed E-state index contributed by atoms with van der Waals surface area (Å²) in [7, 11) is -1.02. The maximum Gasteiger partial charge on any atom is 0.302 e. The van der Waals surface area contributed by atoms with Crippen LogP contribution in [0.3, 0.4) is 0 Å². The Balaban J connectivity index is 1.53. The van der Waals surface area contributed by atoms with Gasteiger partial charge in [-0.3, -0.25) is 9.69 Å². The van der Waals surface area contributed by atoms with Crippen LogP contribution < -0.4 is 9.47 Å². The lowest BCUT2D eigenvalue weighted by atomic mass is 9.91. The first kappa shape index (κ1) is 17.1. The van der Waals surface area contributed by atoms with Crippen LogP contribution in [0.25, 0.3) is 0 Å². The first-order valence-electron chi connectivity index (χ1n) is 11.6. The number of ether oxygens (including phenoxy) is 4. The van der Waals surface area contributed by atoms with Gasteiger partial charge in [-0.1, -0.05) is 18.9 Å². The van der Waals surface area contributed by atoms with Gasteiger partial charge in [0.05, 0.1) is 31.0 Å². The second-order valence-corrected chi connectivity index (χ2v) is 7.61. The van der Waals surface area contributed by atoms with Crippen LogP contribution in [0.4, 0.5) is 0 Å². The molecule has 3 atom stereocenters. The minimum absolute atomic E-state index is 0.0110. The van der Waals surface area contributed by atoms with Gasteiger partial charge in [-0.15, -0.1) is 0 Å². The first-order chi connectivity index (χ1) is 14.7. The van der Waals surface area contributed by atoms with Crippen molar-refractivity contribution >= 4 is 5.97 Å². The molecule has 0 bridgehead atoms. The van der Waals surface area contributed by atoms with Gasteiger partial charge in [0.1, 0.15) is 6.10 Å². The molecule has 1 saturated carbocycles. The quantitative estimate of drug-likeness (QED) is 0.631. The minimum Gasteiger partial charge on any atom is -0.493 e. The Morgan fingerprint density at radius 3 is 2.86 bits per heavy atom. The Morgan fingerprint density at radius 2 is 2.07 bits per heavy atom. The molecule has 0 unspecified atom stereocenters. The van der Waals surface area contributed by atoms with Crippen LogP contribution in [-0.4, -0.2) is 63.0 Å². The highest BCUT2D eigenvalue weighted by Crippen LogP contribution is 2.30. The van der Waals surface area contributed by atoms with Crippen molar-refractivity contribution in [3.63, 3.8) is 0 Å². The molecule has 0 aromatic heterocycles. The van der Waals surface area contributed by atoms with Crippen LogP contribution in [0.5, 0.6) is 11.5 Å². The summed E-state index contributed by atoms with van der Waals surface area (Å²) in [5, 5.41) is 0. The van der Waals surface area contributed by atoms with Crippen molar-refractivity contribution in [2.45, 2.75) is 63.7 Å². The zero-order valence-corrected chi connectivity index (χ0v) is 16.8. The third kappa shape index (κ3) is 5.39. The maximum atomic E-state index is 11.2. The lowest BCUT2D eigenvalue weighted by Crippen LogP contribution is -2.46. The molecule has 0 amide bonds. The Labute approximate surface area is 172 Å². The highest BCUT2D eigenvalue weighted by Gasteiger charge is 2.36. The molecular weight excluding hydrogens is 358 g/mol. The Morgan fingerprint density at radius 1 is 1.21 bits per heavy atom. The molecule has 0 radical (unpaired) electrons. The number of carbonyl (C=O) groups excluding carboxylic acids is 1. The molecule has 6 nitrogen and oxygen atoms in total. The van der Waals surface area contributed by atoms with Gasteiger partial charge in [0.25, 0.3) is 0 Å². The van der Waals surface area contributed by atoms with Gasteiger partial charge in [-0.05, 0) is 43.4 Å². The minimum atomic E-state index is -2.52. The van der Waals surface area contributed by atoms with E-state index < -0.39 is 7.04 Å². The summed E-state index contributed by atoms with van der Waals surface area (Å²) in [6.07, 6.45) is 6.24. The molecule has 28 heavy (non-hydrogen) atoms. The van der Waals surface area contributed by atoms with E-state index in [4.69, 9.17) is 23.1 Å². The first-order valence-corrected chi connectivity index (χ1v) is 10.1. The molecule has 2 aliphatic rings. The summed E-state index contributed by atoms with van der Waals surface area (Å²) in [4.78, 5) is 13.7. The SMILES string of the molecule is [2H]C([2H])([2H])Oc1ccc(CCO[C@@H]2CCCC[C@H]2N2CC[C@@H](OC(C)=O)C2)cc1OC. The summed E-state index contributed by atoms with van der Waals surface area (Å²) >= 11 is 0. The van der Waals surface area contributed by atoms with E-state index in [-0.39, 0.29) is 23.9 Å². The lowest BCUT2D eigenvalue weighted by Gasteiger charge is -2.37. The number of hydrogen-bond donors (Lipinski definition) is 0. The fraction of sp³-hybridized carbons (Fsp3) is 0.682. The molecule has 1 saturated heterocycles. The van der Waals surface area contributed by atoms with E-state index in [2.05, 4.69) is 4.90 Å². The van der Waals surface area contributed by atoms with Crippen molar-refractivity contribution in [2.24, 2.45) is 0 Å². The van der Waals surface area contributed by atoms with Crippen LogP contribution in [0.15, 0.2) is 18.2 Å². The lowest BCUT2D eigenvalue weighted by molar-refractivity contribution is -0.145. The van der Waals surface area contributed by atoms with Gasteiger partial charge in [-0.25, -0.2) is 0 Å². The van der Waals surface area contributed by atoms with E-state index in [1.807, 2.05) is 6.07 Å². The Hall–Kier alpha value is -1.79. The molecule has 2 fully saturated rings. The van der Waals surface area contributed by atoms with Gasteiger partial charge in [0.2, 0.25) is 0 Å². The van der Waals surface area contributed by atoms with E-state index in [1.165, 1.54) is 20.5 Å². The molecule has 6 heteroatoms. The van der Waals surface area contributed by atoms with Crippen LogP contribution in [0.1, 0.15) is 48.7 Å². The normalized spacial score (nSPS) is 27.5. The van der Waals surface area contributed by atoms with E-state index >= 15 is 0 Å². The van der Waals surface area contributed by atoms with Gasteiger partial charge < -0.3 is 18.9 Å². The standard InChI is InChI=1S/C22H33NO5/c1-16(24)28-18-10-12-23(15-18)19-6-4-5-7-20(19)27-13-11-17-8-9-21(25-2)22(14-17)26-3/h8-9,14,18-20H,4-7,10-13,15H2,1-3H3/t18-,19-,20-/m1/s1/i2D3. The fourth-order valence-corrected chi connectivity index (χ4v) is 4.36. The average molecular weight is 395 g/mol. The zero-order valence-electron chi connectivity index (χ0n) is 19.8. The van der Waals surface area contributed by atoms with Crippen LogP contribution in [-0.2, 0) is 20.7 Å². The highest BCUT2D eigenvalue weighted by atomic mass is 16.5. The predicted octanol–water partition coefficient (Wildman–Crippen LogP) is 3.21. The van der Waals surface area contributed by atoms with Crippen molar-refractivity contribution in [3.05, 3.63) is 23.8 Å². The number of esters is 1. The second kappa shape index (κ2) is 10.1. The van der Waals surface area contributed by atoms with Crippen molar-refractivity contribution in [3.8, 4) is 11.5 Å². The maximum absolute atomic E-state index is 11.2. The molecule has 1 aliphatic heterocycles. The molecule has 0 spiro atoms. The number of rotatable bonds is 8. The third-order valence-corrected chi connectivity index (χ3v) is 5.71. The van der Waals surface area contributed by atoms with Crippen LogP contribution in [0, 0.1) is 0 Å². The summed E-state index contributed by atoms with van der Waals surface area (Å²) < 4.78 is 43.8. The number of nitrogens with zero attached hydrogens (tertiary/aromatic N) is 1. The van der Waals surface area contributed by atoms with Crippen molar-refractivity contribution in [1.29, 1.82) is 0 Å². The fourth-order valence-electron chi connectivity index (χ4n) is 4.36. The van der Waals surface area contributed by atoms with Crippen molar-refractivity contribution in [1.82, 2.24) is 4.90 Å². The van der Waals surface area contributed by atoms with E-state index in [0.717, 1.165) is 44.3 Å². The van der Waals surface area contributed by atoms with E-state index in [0.29, 0.717) is 24.8 Å². The largest absolute Gasteiger partial charge is 0.493 e. The number of benzene rings is 1. The summed E-state index contributed by atoms with van der Waals surface area (Å²) in [5.74, 6) is 0.391. The van der Waals surface area contributed by atoms with Crippen LogP contribution >= 0.6 is 0 Å². The van der Waals surface area contributed by atoms with Gasteiger partial charge in [-0.2, -0.15) is 0 Å². The van der Waals surface area contributed by atoms with Gasteiger partial charge in [0, 0.05) is 26.1 Å². The van der Waals surface area contributed by atoms with Crippen molar-refractivity contribution < 1.29 is 27.9 Å². The van der Waals surface area contributed by atoms with Gasteiger partial charge >= 0.3 is 5.97 Å². The molecule has 1 aromatic carbocycles. The summed E-state index contributed by atoms with van der Waals surface area (Å²) in [6.45, 7) is 3.76. The summed E-state index contributed by atoms with van der Waals surface area (Å²) in [5.41, 5.74) is 0.998. The molecule has 1 aliphatic carbocycles. The Kier molecular flexibility index (Phi) is 6.18. The monoisotopic (exact) mass is 394 g/mol. The number of likely N-dealkylation sites (tertiary alicyclic amines) is 1. The van der Waals surface area contributed by atoms with Gasteiger partial charge in [0.15, 0.2) is 11.5 Å². The zero-order chi connectivity index (χ0) is 22.4. The van der Waals surface area contributed by atoms with Crippen LogP contribution in [0.2, 0.25) is 0 Å². The third-order valence-electron chi connectivity index (χ3n) is 5.71. The molecule has 1 aromatic rings. The smallest absolute Gasteiger partial charge is 0.302 e. The van der Waals surface area contributed by atoms with Crippen molar-refractivity contribution in [2.75, 3.05) is 33.8 Å². The van der Waals surface area contributed by atoms with E-state index in [1.54, 1.807) is 12.1 Å². The molecular formula is C22H33NO5. The number of methoxy groups -OCH3 is 2. The number of hydrogen-bond acceptors (Lipinski definition) is 6. The Bertz CT molecular complexity index is 742. The molecule has 156 valence electrons. The molecule has 3 rings (SSSR count). The number of carbonyl (C=O) groups is 1. The second-order valence-electron chi connectivity index (χ2n) is 7.61. The average Bonchev–Trinajstić information content (AvgIpc) is 3.16. The van der Waals surface area contributed by atoms with E-state index in [9.17, 15) is 4.79 Å².